The minimum Gasteiger partial charge on any atom is -0.496 e. The highest BCUT2D eigenvalue weighted by Gasteiger charge is 2.18. The number of amides is 2. The van der Waals surface area contributed by atoms with E-state index in [1.54, 1.807) is 24.1 Å². The lowest BCUT2D eigenvalue weighted by Crippen LogP contribution is -2.28. The molecule has 8 heteroatoms. The number of nitrogens with zero attached hydrogens (tertiary/aromatic N) is 2. The number of para-hydroxylation sites is 1. The number of methoxy groups -OCH3 is 1. The first-order valence-corrected chi connectivity index (χ1v) is 11.6. The van der Waals surface area contributed by atoms with Gasteiger partial charge in [0.2, 0.25) is 5.91 Å². The first-order chi connectivity index (χ1) is 16.9. The van der Waals surface area contributed by atoms with Crippen molar-refractivity contribution in [1.29, 1.82) is 0 Å². The molecule has 0 atom stereocenters. The quantitative estimate of drug-likeness (QED) is 0.397. The lowest BCUT2D eigenvalue weighted by molar-refractivity contribution is -0.111. The van der Waals surface area contributed by atoms with Crippen molar-refractivity contribution in [3.05, 3.63) is 77.6 Å². The van der Waals surface area contributed by atoms with E-state index in [1.807, 2.05) is 69.3 Å². The number of ether oxygens (including phenoxy) is 2. The Bertz CT molecular complexity index is 1170. The van der Waals surface area contributed by atoms with Crippen LogP contribution in [0.5, 0.6) is 11.5 Å². The van der Waals surface area contributed by atoms with Gasteiger partial charge in [0.25, 0.3) is 5.91 Å². The molecule has 8 nitrogen and oxygen atoms in total. The van der Waals surface area contributed by atoms with Crippen LogP contribution in [0.4, 0.5) is 5.69 Å². The summed E-state index contributed by atoms with van der Waals surface area (Å²) >= 11 is 0. The fourth-order valence-corrected chi connectivity index (χ4v) is 3.26. The summed E-state index contributed by atoms with van der Waals surface area (Å²) in [5.41, 5.74) is 2.23. The zero-order chi connectivity index (χ0) is 25.2. The van der Waals surface area contributed by atoms with E-state index < -0.39 is 0 Å². The predicted molar refractivity (Wildman–Crippen MR) is 137 cm³/mol. The van der Waals surface area contributed by atoms with E-state index in [2.05, 4.69) is 15.7 Å². The zero-order valence-corrected chi connectivity index (χ0v) is 20.6. The molecular formula is C27H32N4O4. The van der Waals surface area contributed by atoms with Gasteiger partial charge < -0.3 is 20.1 Å². The summed E-state index contributed by atoms with van der Waals surface area (Å²) in [4.78, 5) is 25.2. The molecule has 184 valence electrons. The number of nitrogens with one attached hydrogen (secondary N) is 2. The highest BCUT2D eigenvalue weighted by Crippen LogP contribution is 2.23. The van der Waals surface area contributed by atoms with E-state index in [1.165, 1.54) is 6.08 Å². The highest BCUT2D eigenvalue weighted by molar-refractivity contribution is 6.06. The van der Waals surface area contributed by atoms with Crippen molar-refractivity contribution in [3.63, 3.8) is 0 Å². The molecular weight excluding hydrogens is 444 g/mol. The van der Waals surface area contributed by atoms with E-state index in [0.29, 0.717) is 37.1 Å². The van der Waals surface area contributed by atoms with Crippen LogP contribution in [0.25, 0.3) is 6.08 Å². The molecule has 3 aromatic rings. The van der Waals surface area contributed by atoms with Crippen LogP contribution in [0.2, 0.25) is 0 Å². The van der Waals surface area contributed by atoms with Crippen LogP contribution in [0, 0.1) is 5.92 Å². The average molecular weight is 477 g/mol. The molecule has 2 amide bonds. The second-order valence-electron chi connectivity index (χ2n) is 8.35. The SMILES string of the molecule is CCn1cc(NC(=O)/C=C/c2ccc(OC)c(COc3ccccc3)c2)c(C(=O)NCC(C)C)n1. The van der Waals surface area contributed by atoms with Crippen LogP contribution >= 0.6 is 0 Å². The normalized spacial score (nSPS) is 11.0. The monoisotopic (exact) mass is 476 g/mol. The van der Waals surface area contributed by atoms with Gasteiger partial charge >= 0.3 is 0 Å². The first-order valence-electron chi connectivity index (χ1n) is 11.6. The molecule has 0 aliphatic carbocycles. The molecule has 2 aromatic carbocycles. The van der Waals surface area contributed by atoms with E-state index in [9.17, 15) is 9.59 Å². The third-order valence-electron chi connectivity index (χ3n) is 5.10. The average Bonchev–Trinajstić information content (AvgIpc) is 3.28. The number of aryl methyl sites for hydroxylation is 1. The van der Waals surface area contributed by atoms with Gasteiger partial charge in [0.1, 0.15) is 18.1 Å². The smallest absolute Gasteiger partial charge is 0.273 e. The minimum absolute atomic E-state index is 0.194. The summed E-state index contributed by atoms with van der Waals surface area (Å²) in [6.07, 6.45) is 4.77. The molecule has 0 radical (unpaired) electrons. The molecule has 0 fully saturated rings. The summed E-state index contributed by atoms with van der Waals surface area (Å²) in [6.45, 7) is 7.37. The third kappa shape index (κ3) is 7.46. The van der Waals surface area contributed by atoms with Gasteiger partial charge in [-0.05, 0) is 48.7 Å². The Morgan fingerprint density at radius 3 is 2.60 bits per heavy atom. The van der Waals surface area contributed by atoms with E-state index >= 15 is 0 Å². The number of hydrogen-bond donors (Lipinski definition) is 2. The number of aromatic nitrogens is 2. The van der Waals surface area contributed by atoms with Crippen LogP contribution in [-0.2, 0) is 17.9 Å². The maximum Gasteiger partial charge on any atom is 0.273 e. The third-order valence-corrected chi connectivity index (χ3v) is 5.10. The molecule has 35 heavy (non-hydrogen) atoms. The Kier molecular flexibility index (Phi) is 9.06. The number of benzene rings is 2. The van der Waals surface area contributed by atoms with Crippen LogP contribution in [0.15, 0.2) is 60.8 Å². The summed E-state index contributed by atoms with van der Waals surface area (Å²) in [5, 5.41) is 9.90. The molecule has 1 heterocycles. The van der Waals surface area contributed by atoms with Gasteiger partial charge in [-0.25, -0.2) is 0 Å². The standard InChI is InChI=1S/C27H32N4O4/c1-5-31-17-23(26(30-31)27(33)28-16-19(2)3)29-25(32)14-12-20-11-13-24(34-4)21(15-20)18-35-22-9-7-6-8-10-22/h6-15,17,19H,5,16,18H2,1-4H3,(H,28,33)(H,29,32)/b14-12+. The molecule has 0 aliphatic rings. The number of carbonyl (C=O) groups is 2. The Morgan fingerprint density at radius 2 is 1.91 bits per heavy atom. The fourth-order valence-electron chi connectivity index (χ4n) is 3.26. The molecule has 3 rings (SSSR count). The molecule has 0 bridgehead atoms. The van der Waals surface area contributed by atoms with Crippen LogP contribution in [0.3, 0.4) is 0 Å². The van der Waals surface area contributed by atoms with Crippen molar-refractivity contribution >= 4 is 23.6 Å². The second kappa shape index (κ2) is 12.4. The molecule has 2 N–H and O–H groups in total. The molecule has 0 saturated heterocycles. The van der Waals surface area contributed by atoms with Crippen LogP contribution in [-0.4, -0.2) is 35.2 Å². The molecule has 0 spiro atoms. The molecule has 0 aliphatic heterocycles. The Labute approximate surface area is 205 Å². The molecule has 0 saturated carbocycles. The predicted octanol–water partition coefficient (Wildman–Crippen LogP) is 4.53. The number of rotatable bonds is 11. The van der Waals surface area contributed by atoms with Gasteiger partial charge in [-0.1, -0.05) is 38.1 Å². The Balaban J connectivity index is 1.69. The van der Waals surface area contributed by atoms with E-state index in [4.69, 9.17) is 9.47 Å². The van der Waals surface area contributed by atoms with Crippen molar-refractivity contribution < 1.29 is 19.1 Å². The maximum absolute atomic E-state index is 12.6. The van der Waals surface area contributed by atoms with E-state index in [-0.39, 0.29) is 17.5 Å². The van der Waals surface area contributed by atoms with Crippen molar-refractivity contribution in [2.75, 3.05) is 19.0 Å². The number of carbonyl (C=O) groups excluding carboxylic acids is 2. The fraction of sp³-hybridized carbons (Fsp3) is 0.296. The largest absolute Gasteiger partial charge is 0.496 e. The molecule has 1 aromatic heterocycles. The lowest BCUT2D eigenvalue weighted by Gasteiger charge is -2.11. The summed E-state index contributed by atoms with van der Waals surface area (Å²) < 4.78 is 12.9. The van der Waals surface area contributed by atoms with Crippen LogP contribution < -0.4 is 20.1 Å². The van der Waals surface area contributed by atoms with Gasteiger partial charge in [0.05, 0.1) is 12.8 Å². The topological polar surface area (TPSA) is 94.5 Å². The summed E-state index contributed by atoms with van der Waals surface area (Å²) in [6, 6.07) is 15.1. The maximum atomic E-state index is 12.6. The van der Waals surface area contributed by atoms with Gasteiger partial charge in [0, 0.05) is 30.9 Å². The molecule has 0 unspecified atom stereocenters. The van der Waals surface area contributed by atoms with Gasteiger partial charge in [0.15, 0.2) is 5.69 Å². The zero-order valence-electron chi connectivity index (χ0n) is 20.6. The van der Waals surface area contributed by atoms with Gasteiger partial charge in [-0.15, -0.1) is 0 Å². The highest BCUT2D eigenvalue weighted by atomic mass is 16.5. The minimum atomic E-state index is -0.364. The van der Waals surface area contributed by atoms with Crippen molar-refractivity contribution in [1.82, 2.24) is 15.1 Å². The number of hydrogen-bond acceptors (Lipinski definition) is 5. The van der Waals surface area contributed by atoms with Crippen molar-refractivity contribution in [3.8, 4) is 11.5 Å². The van der Waals surface area contributed by atoms with Crippen molar-refractivity contribution in [2.24, 2.45) is 5.92 Å². The summed E-state index contributed by atoms with van der Waals surface area (Å²) in [7, 11) is 1.61. The van der Waals surface area contributed by atoms with Crippen LogP contribution in [0.1, 0.15) is 42.4 Å². The summed E-state index contributed by atoms with van der Waals surface area (Å²) in [5.74, 6) is 1.09. The van der Waals surface area contributed by atoms with E-state index in [0.717, 1.165) is 16.9 Å². The lowest BCUT2D eigenvalue weighted by atomic mass is 10.1. The Hall–Kier alpha value is -4.07. The second-order valence-corrected chi connectivity index (χ2v) is 8.35. The Morgan fingerprint density at radius 1 is 1.14 bits per heavy atom. The van der Waals surface area contributed by atoms with Gasteiger partial charge in [-0.2, -0.15) is 5.10 Å². The first kappa shape index (κ1) is 25.6. The number of anilines is 1. The van der Waals surface area contributed by atoms with Crippen molar-refractivity contribution in [2.45, 2.75) is 33.9 Å². The van der Waals surface area contributed by atoms with Gasteiger partial charge in [-0.3, -0.25) is 14.3 Å².